The second-order valence-electron chi connectivity index (χ2n) is 3.17. The number of hydrogen-bond donors (Lipinski definition) is 1. The highest BCUT2D eigenvalue weighted by molar-refractivity contribution is 5.26. The van der Waals surface area contributed by atoms with Crippen molar-refractivity contribution < 1.29 is 13.2 Å². The fourth-order valence-corrected chi connectivity index (χ4v) is 1.20. The molecule has 0 amide bonds. The Kier molecular flexibility index (Phi) is 3.52. The summed E-state index contributed by atoms with van der Waals surface area (Å²) in [6, 6.07) is 1.89. The van der Waals surface area contributed by atoms with Gasteiger partial charge in [-0.25, -0.2) is 13.2 Å². The molecule has 0 saturated heterocycles. The zero-order valence-electron chi connectivity index (χ0n) is 7.86. The average molecular weight is 203 g/mol. The second kappa shape index (κ2) is 4.46. The van der Waals surface area contributed by atoms with Gasteiger partial charge in [0.1, 0.15) is 17.8 Å². The third-order valence-electron chi connectivity index (χ3n) is 2.04. The third kappa shape index (κ3) is 2.26. The molecule has 0 bridgehead atoms. The molecule has 0 heterocycles. The molecule has 1 nitrogen and oxygen atoms in total. The van der Waals surface area contributed by atoms with E-state index in [1.54, 1.807) is 0 Å². The minimum atomic E-state index is -1.53. The molecule has 1 aromatic rings. The monoisotopic (exact) mass is 203 g/mol. The normalized spacial score (nSPS) is 12.9. The second-order valence-corrected chi connectivity index (χ2v) is 3.17. The lowest BCUT2D eigenvalue weighted by atomic mass is 10.0. The molecule has 0 aliphatic rings. The smallest absolute Gasteiger partial charge is 0.129 e. The summed E-state index contributed by atoms with van der Waals surface area (Å²) in [6.45, 7) is 1.54. The molecule has 0 aromatic heterocycles. The van der Waals surface area contributed by atoms with Crippen molar-refractivity contribution in [1.82, 2.24) is 0 Å². The molecular weight excluding hydrogens is 191 g/mol. The van der Waals surface area contributed by atoms with Crippen molar-refractivity contribution in [3.63, 3.8) is 0 Å². The van der Waals surface area contributed by atoms with E-state index in [1.165, 1.54) is 6.92 Å². The van der Waals surface area contributed by atoms with E-state index in [9.17, 15) is 13.2 Å². The molecule has 2 N–H and O–H groups in total. The van der Waals surface area contributed by atoms with Crippen LogP contribution in [0.25, 0.3) is 0 Å². The molecule has 1 unspecified atom stereocenters. The molecule has 0 radical (unpaired) electrons. The first-order valence-electron chi connectivity index (χ1n) is 4.36. The minimum Gasteiger partial charge on any atom is -0.330 e. The van der Waals surface area contributed by atoms with Gasteiger partial charge < -0.3 is 5.73 Å². The van der Waals surface area contributed by atoms with Gasteiger partial charge in [0.2, 0.25) is 0 Å². The Labute approximate surface area is 80.7 Å². The van der Waals surface area contributed by atoms with Gasteiger partial charge in [0.05, 0.1) is 0 Å². The van der Waals surface area contributed by atoms with Gasteiger partial charge in [0.15, 0.2) is 0 Å². The maximum atomic E-state index is 13.2. The molecule has 0 aliphatic carbocycles. The summed E-state index contributed by atoms with van der Waals surface area (Å²) in [5, 5.41) is 0. The van der Waals surface area contributed by atoms with E-state index in [4.69, 9.17) is 5.73 Å². The van der Waals surface area contributed by atoms with E-state index in [1.807, 2.05) is 0 Å². The van der Waals surface area contributed by atoms with E-state index in [0.717, 1.165) is 12.1 Å². The van der Waals surface area contributed by atoms with Crippen molar-refractivity contribution >= 4 is 0 Å². The number of alkyl halides is 1. The Balaban J connectivity index is 3.02. The Hall–Kier alpha value is -1.03. The minimum absolute atomic E-state index is 0.000574. The number of halogens is 3. The Morgan fingerprint density at radius 1 is 1.29 bits per heavy atom. The summed E-state index contributed by atoms with van der Waals surface area (Å²) >= 11 is 0. The predicted molar refractivity (Wildman–Crippen MR) is 48.6 cm³/mol. The lowest BCUT2D eigenvalue weighted by Crippen LogP contribution is -2.06. The zero-order valence-corrected chi connectivity index (χ0v) is 7.86. The SMILES string of the molecule is Cc1cc(F)c(C(F)CCN)cc1F. The first-order valence-corrected chi connectivity index (χ1v) is 4.36. The van der Waals surface area contributed by atoms with Crippen molar-refractivity contribution in [3.05, 3.63) is 34.9 Å². The molecule has 78 valence electrons. The maximum Gasteiger partial charge on any atom is 0.129 e. The summed E-state index contributed by atoms with van der Waals surface area (Å²) in [7, 11) is 0. The van der Waals surface area contributed by atoms with Crippen LogP contribution in [0.5, 0.6) is 0 Å². The van der Waals surface area contributed by atoms with Crippen LogP contribution in [-0.2, 0) is 0 Å². The van der Waals surface area contributed by atoms with Gasteiger partial charge in [-0.3, -0.25) is 0 Å². The Bertz CT molecular complexity index is 325. The van der Waals surface area contributed by atoms with Crippen LogP contribution in [0.3, 0.4) is 0 Å². The lowest BCUT2D eigenvalue weighted by molar-refractivity contribution is 0.316. The van der Waals surface area contributed by atoms with Crippen LogP contribution < -0.4 is 5.73 Å². The van der Waals surface area contributed by atoms with E-state index < -0.39 is 17.8 Å². The molecular formula is C10H12F3N. The molecule has 4 heteroatoms. The van der Waals surface area contributed by atoms with Crippen LogP contribution in [0, 0.1) is 18.6 Å². The van der Waals surface area contributed by atoms with Crippen LogP contribution in [0.15, 0.2) is 12.1 Å². The molecule has 0 fully saturated rings. The number of nitrogens with two attached hydrogens (primary N) is 1. The molecule has 0 aliphatic heterocycles. The highest BCUT2D eigenvalue weighted by Crippen LogP contribution is 2.25. The van der Waals surface area contributed by atoms with E-state index in [2.05, 4.69) is 0 Å². The van der Waals surface area contributed by atoms with Gasteiger partial charge in [-0.05, 0) is 37.6 Å². The molecule has 1 aromatic carbocycles. The zero-order chi connectivity index (χ0) is 10.7. The topological polar surface area (TPSA) is 26.0 Å². The number of hydrogen-bond acceptors (Lipinski definition) is 1. The van der Waals surface area contributed by atoms with E-state index in [0.29, 0.717) is 0 Å². The largest absolute Gasteiger partial charge is 0.330 e. The van der Waals surface area contributed by atoms with Crippen molar-refractivity contribution in [2.75, 3.05) is 6.54 Å². The van der Waals surface area contributed by atoms with E-state index >= 15 is 0 Å². The summed E-state index contributed by atoms with van der Waals surface area (Å²) in [6.07, 6.45) is -1.53. The van der Waals surface area contributed by atoms with Gasteiger partial charge in [-0.15, -0.1) is 0 Å². The molecule has 1 rings (SSSR count). The summed E-state index contributed by atoms with van der Waals surface area (Å²) in [5.41, 5.74) is 5.05. The van der Waals surface area contributed by atoms with E-state index in [-0.39, 0.29) is 24.1 Å². The van der Waals surface area contributed by atoms with Gasteiger partial charge in [0, 0.05) is 5.56 Å². The highest BCUT2D eigenvalue weighted by Gasteiger charge is 2.16. The first-order chi connectivity index (χ1) is 6.56. The molecule has 1 atom stereocenters. The first kappa shape index (κ1) is 11.0. The number of aryl methyl sites for hydroxylation is 1. The Morgan fingerprint density at radius 2 is 1.93 bits per heavy atom. The van der Waals surface area contributed by atoms with Gasteiger partial charge in [-0.1, -0.05) is 0 Å². The number of benzene rings is 1. The summed E-state index contributed by atoms with van der Waals surface area (Å²) < 4.78 is 39.4. The van der Waals surface area contributed by atoms with Crippen LogP contribution in [0.4, 0.5) is 13.2 Å². The Morgan fingerprint density at radius 3 is 2.50 bits per heavy atom. The highest BCUT2D eigenvalue weighted by atomic mass is 19.1. The molecule has 0 saturated carbocycles. The average Bonchev–Trinajstić information content (AvgIpc) is 2.11. The standard InChI is InChI=1S/C10H12F3N/c1-6-4-10(13)7(5-9(6)12)8(11)2-3-14/h4-5,8H,2-3,14H2,1H3. The van der Waals surface area contributed by atoms with Gasteiger partial charge >= 0.3 is 0 Å². The number of rotatable bonds is 3. The van der Waals surface area contributed by atoms with Crippen LogP contribution in [-0.4, -0.2) is 6.54 Å². The predicted octanol–water partition coefficient (Wildman–Crippen LogP) is 2.63. The third-order valence-corrected chi connectivity index (χ3v) is 2.04. The summed E-state index contributed by atoms with van der Waals surface area (Å²) in [4.78, 5) is 0. The maximum absolute atomic E-state index is 13.2. The van der Waals surface area contributed by atoms with Crippen molar-refractivity contribution in [2.24, 2.45) is 5.73 Å². The van der Waals surface area contributed by atoms with Crippen molar-refractivity contribution in [3.8, 4) is 0 Å². The fourth-order valence-electron chi connectivity index (χ4n) is 1.20. The molecule has 14 heavy (non-hydrogen) atoms. The van der Waals surface area contributed by atoms with Crippen molar-refractivity contribution in [2.45, 2.75) is 19.5 Å². The van der Waals surface area contributed by atoms with Gasteiger partial charge in [0.25, 0.3) is 0 Å². The quantitative estimate of drug-likeness (QED) is 0.802. The van der Waals surface area contributed by atoms with Gasteiger partial charge in [-0.2, -0.15) is 0 Å². The van der Waals surface area contributed by atoms with Crippen LogP contribution in [0.1, 0.15) is 23.7 Å². The van der Waals surface area contributed by atoms with Crippen molar-refractivity contribution in [1.29, 1.82) is 0 Å². The molecule has 0 spiro atoms. The van der Waals surface area contributed by atoms with Crippen LogP contribution in [0.2, 0.25) is 0 Å². The lowest BCUT2D eigenvalue weighted by Gasteiger charge is -2.09. The van der Waals surface area contributed by atoms with Crippen LogP contribution >= 0.6 is 0 Å². The summed E-state index contributed by atoms with van der Waals surface area (Å²) in [5.74, 6) is -1.31. The fraction of sp³-hybridized carbons (Fsp3) is 0.400.